The number of aromatic nitrogens is 1. The Labute approximate surface area is 105 Å². The highest BCUT2D eigenvalue weighted by Gasteiger charge is 2.14. The maximum atomic E-state index is 6.24. The van der Waals surface area contributed by atoms with E-state index in [1.165, 1.54) is 0 Å². The van der Waals surface area contributed by atoms with Crippen molar-refractivity contribution in [2.24, 2.45) is 5.73 Å². The van der Waals surface area contributed by atoms with Gasteiger partial charge < -0.3 is 10.5 Å². The van der Waals surface area contributed by atoms with Crippen LogP contribution in [0.4, 0.5) is 0 Å². The fraction of sp³-hybridized carbons (Fsp3) is 0.308. The number of benzene rings is 1. The Morgan fingerprint density at radius 3 is 2.94 bits per heavy atom. The van der Waals surface area contributed by atoms with Gasteiger partial charge in [0.05, 0.1) is 23.9 Å². The average Bonchev–Trinajstić information content (AvgIpc) is 2.75. The summed E-state index contributed by atoms with van der Waals surface area (Å²) in [5.74, 6) is 0.864. The van der Waals surface area contributed by atoms with E-state index in [2.05, 4.69) is 4.98 Å². The smallest absolute Gasteiger partial charge is 0.119 e. The Morgan fingerprint density at radius 1 is 1.47 bits per heavy atom. The second-order valence-corrected chi connectivity index (χ2v) is 4.67. The van der Waals surface area contributed by atoms with Crippen molar-refractivity contribution in [2.75, 3.05) is 6.61 Å². The fourth-order valence-corrected chi connectivity index (χ4v) is 2.56. The van der Waals surface area contributed by atoms with E-state index in [1.807, 2.05) is 43.6 Å². The molecule has 1 aromatic carbocycles. The Bertz CT molecular complexity index is 496. The summed E-state index contributed by atoms with van der Waals surface area (Å²) in [6, 6.07) is 7.80. The van der Waals surface area contributed by atoms with Gasteiger partial charge in [0, 0.05) is 4.88 Å². The first-order chi connectivity index (χ1) is 8.22. The van der Waals surface area contributed by atoms with Gasteiger partial charge in [0.15, 0.2) is 0 Å². The maximum Gasteiger partial charge on any atom is 0.119 e. The first-order valence-electron chi connectivity index (χ1n) is 5.60. The number of nitrogens with two attached hydrogens (primary N) is 1. The molecule has 0 spiro atoms. The van der Waals surface area contributed by atoms with E-state index < -0.39 is 0 Å². The first-order valence-corrected chi connectivity index (χ1v) is 6.48. The van der Waals surface area contributed by atoms with Gasteiger partial charge in [-0.15, -0.1) is 11.3 Å². The van der Waals surface area contributed by atoms with Crippen LogP contribution in [0.15, 0.2) is 29.8 Å². The Morgan fingerprint density at radius 2 is 2.29 bits per heavy atom. The molecule has 0 aliphatic heterocycles. The van der Waals surface area contributed by atoms with Gasteiger partial charge in [0.25, 0.3) is 0 Å². The van der Waals surface area contributed by atoms with E-state index in [0.717, 1.165) is 21.9 Å². The predicted octanol–water partition coefficient (Wildman–Crippen LogP) is 2.90. The minimum atomic E-state index is -0.122. The summed E-state index contributed by atoms with van der Waals surface area (Å²) in [7, 11) is 0. The molecule has 0 saturated carbocycles. The van der Waals surface area contributed by atoms with E-state index in [9.17, 15) is 0 Å². The summed E-state index contributed by atoms with van der Waals surface area (Å²) in [4.78, 5) is 5.34. The van der Waals surface area contributed by atoms with Crippen molar-refractivity contribution >= 4 is 11.3 Å². The molecule has 2 rings (SSSR count). The lowest BCUT2D eigenvalue weighted by Gasteiger charge is -2.12. The summed E-state index contributed by atoms with van der Waals surface area (Å²) < 4.78 is 5.48. The lowest BCUT2D eigenvalue weighted by Crippen LogP contribution is -2.11. The fourth-order valence-electron chi connectivity index (χ4n) is 1.73. The van der Waals surface area contributed by atoms with Gasteiger partial charge >= 0.3 is 0 Å². The monoisotopic (exact) mass is 248 g/mol. The third kappa shape index (κ3) is 2.65. The Kier molecular flexibility index (Phi) is 3.76. The number of aryl methyl sites for hydroxylation is 1. The average molecular weight is 248 g/mol. The number of ether oxygens (including phenoxy) is 1. The van der Waals surface area contributed by atoms with Crippen LogP contribution in [-0.2, 0) is 0 Å². The van der Waals surface area contributed by atoms with Crippen molar-refractivity contribution in [3.8, 4) is 5.75 Å². The van der Waals surface area contributed by atoms with Crippen molar-refractivity contribution in [1.82, 2.24) is 4.98 Å². The van der Waals surface area contributed by atoms with Crippen LogP contribution < -0.4 is 10.5 Å². The topological polar surface area (TPSA) is 48.1 Å². The lowest BCUT2D eigenvalue weighted by molar-refractivity contribution is 0.340. The van der Waals surface area contributed by atoms with Gasteiger partial charge in [-0.05, 0) is 31.5 Å². The van der Waals surface area contributed by atoms with Crippen molar-refractivity contribution in [3.05, 3.63) is 45.9 Å². The number of rotatable bonds is 4. The van der Waals surface area contributed by atoms with Crippen LogP contribution in [0.25, 0.3) is 0 Å². The van der Waals surface area contributed by atoms with Crippen molar-refractivity contribution in [1.29, 1.82) is 0 Å². The largest absolute Gasteiger partial charge is 0.494 e. The number of nitrogens with zero attached hydrogens (tertiary/aromatic N) is 1. The molecule has 3 nitrogen and oxygen atoms in total. The molecule has 0 saturated heterocycles. The molecule has 0 bridgehead atoms. The summed E-state index contributed by atoms with van der Waals surface area (Å²) >= 11 is 1.59. The highest BCUT2D eigenvalue weighted by atomic mass is 32.1. The molecule has 2 aromatic rings. The van der Waals surface area contributed by atoms with E-state index in [1.54, 1.807) is 11.3 Å². The Balaban J connectivity index is 2.28. The second-order valence-electron chi connectivity index (χ2n) is 3.79. The summed E-state index contributed by atoms with van der Waals surface area (Å²) in [5.41, 5.74) is 10.1. The number of hydrogen-bond acceptors (Lipinski definition) is 4. The molecule has 90 valence electrons. The molecule has 0 amide bonds. The molecule has 17 heavy (non-hydrogen) atoms. The minimum absolute atomic E-state index is 0.122. The van der Waals surface area contributed by atoms with Crippen LogP contribution in [0.2, 0.25) is 0 Å². The molecular formula is C13H16N2OS. The molecule has 0 aliphatic rings. The third-order valence-electron chi connectivity index (χ3n) is 2.59. The summed E-state index contributed by atoms with van der Waals surface area (Å²) in [5, 5.41) is 0. The lowest BCUT2D eigenvalue weighted by atomic mass is 10.1. The predicted molar refractivity (Wildman–Crippen MR) is 70.5 cm³/mol. The Hall–Kier alpha value is -1.39. The summed E-state index contributed by atoms with van der Waals surface area (Å²) in [6.07, 6.45) is 0. The molecule has 1 aromatic heterocycles. The van der Waals surface area contributed by atoms with Crippen LogP contribution in [-0.4, -0.2) is 11.6 Å². The van der Waals surface area contributed by atoms with Crippen molar-refractivity contribution in [2.45, 2.75) is 19.9 Å². The molecular weight excluding hydrogens is 232 g/mol. The molecule has 1 unspecified atom stereocenters. The zero-order valence-corrected chi connectivity index (χ0v) is 10.8. The highest BCUT2D eigenvalue weighted by molar-refractivity contribution is 7.09. The van der Waals surface area contributed by atoms with Gasteiger partial charge in [0.1, 0.15) is 5.75 Å². The van der Waals surface area contributed by atoms with Crippen molar-refractivity contribution in [3.63, 3.8) is 0 Å². The van der Waals surface area contributed by atoms with Gasteiger partial charge in [-0.3, -0.25) is 0 Å². The van der Waals surface area contributed by atoms with Gasteiger partial charge in [-0.1, -0.05) is 12.1 Å². The number of hydrogen-bond donors (Lipinski definition) is 1. The quantitative estimate of drug-likeness (QED) is 0.905. The minimum Gasteiger partial charge on any atom is -0.494 e. The molecule has 0 fully saturated rings. The second kappa shape index (κ2) is 5.29. The van der Waals surface area contributed by atoms with Crippen LogP contribution in [0.1, 0.15) is 29.1 Å². The standard InChI is InChI=1S/C13H16N2OS/c1-3-16-11-6-4-5-10(7-11)12(14)13-9(2)15-8-17-13/h4-8,12H,3,14H2,1-2H3. The highest BCUT2D eigenvalue weighted by Crippen LogP contribution is 2.27. The van der Waals surface area contributed by atoms with Gasteiger partial charge in [-0.25, -0.2) is 4.98 Å². The van der Waals surface area contributed by atoms with E-state index >= 15 is 0 Å². The normalized spacial score (nSPS) is 12.4. The molecule has 0 aliphatic carbocycles. The number of thiazole rings is 1. The SMILES string of the molecule is CCOc1cccc(C(N)c2scnc2C)c1. The van der Waals surface area contributed by atoms with Gasteiger partial charge in [0.2, 0.25) is 0 Å². The summed E-state index contributed by atoms with van der Waals surface area (Å²) in [6.45, 7) is 4.62. The molecule has 1 atom stereocenters. The zero-order valence-electron chi connectivity index (χ0n) is 10.0. The van der Waals surface area contributed by atoms with Crippen LogP contribution in [0.3, 0.4) is 0 Å². The van der Waals surface area contributed by atoms with Crippen LogP contribution in [0.5, 0.6) is 5.75 Å². The van der Waals surface area contributed by atoms with Crippen LogP contribution in [0, 0.1) is 6.92 Å². The third-order valence-corrected chi connectivity index (χ3v) is 3.61. The van der Waals surface area contributed by atoms with Crippen LogP contribution >= 0.6 is 11.3 Å². The van der Waals surface area contributed by atoms with Crippen molar-refractivity contribution < 1.29 is 4.74 Å². The van der Waals surface area contributed by atoms with E-state index in [0.29, 0.717) is 6.61 Å². The molecule has 4 heteroatoms. The molecule has 0 radical (unpaired) electrons. The van der Waals surface area contributed by atoms with E-state index in [4.69, 9.17) is 10.5 Å². The molecule has 1 heterocycles. The van der Waals surface area contributed by atoms with E-state index in [-0.39, 0.29) is 6.04 Å². The molecule has 2 N–H and O–H groups in total. The first kappa shape index (κ1) is 12.1. The maximum absolute atomic E-state index is 6.24. The zero-order chi connectivity index (χ0) is 12.3. The van der Waals surface area contributed by atoms with Gasteiger partial charge in [-0.2, -0.15) is 0 Å².